The van der Waals surface area contributed by atoms with E-state index in [1.54, 1.807) is 6.92 Å². The first-order valence-corrected chi connectivity index (χ1v) is 8.36. The summed E-state index contributed by atoms with van der Waals surface area (Å²) in [5.41, 5.74) is -0.466. The number of carbonyl (C=O) groups is 1. The highest BCUT2D eigenvalue weighted by molar-refractivity contribution is 5.75. The van der Waals surface area contributed by atoms with Crippen LogP contribution in [0.3, 0.4) is 0 Å². The van der Waals surface area contributed by atoms with Gasteiger partial charge in [0.15, 0.2) is 5.69 Å². The summed E-state index contributed by atoms with van der Waals surface area (Å²) >= 11 is 0. The van der Waals surface area contributed by atoms with Gasteiger partial charge in [0.1, 0.15) is 0 Å². The van der Waals surface area contributed by atoms with E-state index in [-0.39, 0.29) is 19.0 Å². The summed E-state index contributed by atoms with van der Waals surface area (Å²) in [6.45, 7) is 3.16. The van der Waals surface area contributed by atoms with Crippen molar-refractivity contribution in [3.63, 3.8) is 0 Å². The molecule has 1 unspecified atom stereocenters. The number of piperidine rings is 1. The van der Waals surface area contributed by atoms with Crippen LogP contribution in [0, 0.1) is 6.92 Å². The summed E-state index contributed by atoms with van der Waals surface area (Å²) in [7, 11) is 2.08. The van der Waals surface area contributed by atoms with E-state index in [1.165, 1.54) is 17.5 Å². The van der Waals surface area contributed by atoms with Crippen molar-refractivity contribution in [2.45, 2.75) is 57.8 Å². The molecule has 1 saturated heterocycles. The monoisotopic (exact) mass is 346 g/mol. The van der Waals surface area contributed by atoms with Crippen LogP contribution >= 0.6 is 0 Å². The average molecular weight is 346 g/mol. The molecule has 1 aliphatic rings. The number of nitrogens with zero attached hydrogens (tertiary/aromatic N) is 3. The molecule has 2 rings (SSSR count). The lowest BCUT2D eigenvalue weighted by Crippen LogP contribution is -2.37. The fraction of sp³-hybridized carbons (Fsp3) is 0.750. The van der Waals surface area contributed by atoms with Gasteiger partial charge in [-0.2, -0.15) is 18.3 Å². The standard InChI is InChI=1S/C16H25F3N4O/c1-12-11-14(16(17,18)19)21-23(12)10-8-20-15(24)7-6-13-5-3-4-9-22(13)2/h11,13H,3-10H2,1-2H3,(H,20,24). The van der Waals surface area contributed by atoms with Gasteiger partial charge < -0.3 is 10.2 Å². The van der Waals surface area contributed by atoms with Crippen molar-refractivity contribution in [1.82, 2.24) is 20.0 Å². The Kier molecular flexibility index (Phi) is 6.26. The number of likely N-dealkylation sites (tertiary alicyclic amines) is 1. The maximum absolute atomic E-state index is 12.6. The first-order chi connectivity index (χ1) is 11.3. The van der Waals surface area contributed by atoms with Crippen LogP contribution in [0.25, 0.3) is 0 Å². The lowest BCUT2D eigenvalue weighted by atomic mass is 9.98. The third-order valence-corrected chi connectivity index (χ3v) is 4.54. The zero-order valence-electron chi connectivity index (χ0n) is 14.2. The number of hydrogen-bond donors (Lipinski definition) is 1. The Morgan fingerprint density at radius 3 is 2.79 bits per heavy atom. The Hall–Kier alpha value is -1.57. The van der Waals surface area contributed by atoms with E-state index in [4.69, 9.17) is 0 Å². The fourth-order valence-electron chi connectivity index (χ4n) is 3.07. The third kappa shape index (κ3) is 5.22. The summed E-state index contributed by atoms with van der Waals surface area (Å²) in [4.78, 5) is 14.2. The van der Waals surface area contributed by atoms with Crippen molar-refractivity contribution in [3.05, 3.63) is 17.5 Å². The normalized spacial score (nSPS) is 19.5. The first-order valence-electron chi connectivity index (χ1n) is 8.36. The Morgan fingerprint density at radius 2 is 2.17 bits per heavy atom. The second kappa shape index (κ2) is 8.00. The van der Waals surface area contributed by atoms with Crippen LogP contribution in [0.15, 0.2) is 6.07 Å². The van der Waals surface area contributed by atoms with E-state index >= 15 is 0 Å². The SMILES string of the molecule is Cc1cc(C(F)(F)F)nn1CCNC(=O)CCC1CCCCN1C. The molecule has 8 heteroatoms. The Morgan fingerprint density at radius 1 is 1.42 bits per heavy atom. The molecule has 136 valence electrons. The molecule has 1 fully saturated rings. The van der Waals surface area contributed by atoms with Gasteiger partial charge in [0.05, 0.1) is 6.54 Å². The lowest BCUT2D eigenvalue weighted by molar-refractivity contribution is -0.141. The average Bonchev–Trinajstić information content (AvgIpc) is 2.88. The number of halogens is 3. The smallest absolute Gasteiger partial charge is 0.354 e. The third-order valence-electron chi connectivity index (χ3n) is 4.54. The summed E-state index contributed by atoms with van der Waals surface area (Å²) in [5, 5.41) is 6.30. The largest absolute Gasteiger partial charge is 0.435 e. The lowest BCUT2D eigenvalue weighted by Gasteiger charge is -2.32. The molecule has 1 aromatic rings. The maximum Gasteiger partial charge on any atom is 0.435 e. The number of aromatic nitrogens is 2. The van der Waals surface area contributed by atoms with Gasteiger partial charge in [0.2, 0.25) is 5.91 Å². The quantitative estimate of drug-likeness (QED) is 0.861. The minimum absolute atomic E-state index is 0.0603. The molecule has 5 nitrogen and oxygen atoms in total. The predicted octanol–water partition coefficient (Wildman–Crippen LogP) is 2.59. The molecule has 1 atom stereocenters. The van der Waals surface area contributed by atoms with E-state index in [0.29, 0.717) is 18.2 Å². The fourth-order valence-corrected chi connectivity index (χ4v) is 3.07. The van der Waals surface area contributed by atoms with Gasteiger partial charge in [-0.15, -0.1) is 0 Å². The van der Waals surface area contributed by atoms with Crippen molar-refractivity contribution in [2.75, 3.05) is 20.1 Å². The second-order valence-electron chi connectivity index (χ2n) is 6.41. The number of amides is 1. The zero-order chi connectivity index (χ0) is 17.7. The Bertz CT molecular complexity index is 556. The molecule has 0 aromatic carbocycles. The topological polar surface area (TPSA) is 50.2 Å². The van der Waals surface area contributed by atoms with Crippen LogP contribution < -0.4 is 5.32 Å². The molecule has 1 aromatic heterocycles. The highest BCUT2D eigenvalue weighted by Gasteiger charge is 2.34. The Labute approximate surface area is 140 Å². The number of carbonyl (C=O) groups excluding carboxylic acids is 1. The predicted molar refractivity (Wildman–Crippen MR) is 84.5 cm³/mol. The second-order valence-corrected chi connectivity index (χ2v) is 6.41. The van der Waals surface area contributed by atoms with Crippen molar-refractivity contribution in [3.8, 4) is 0 Å². The number of aryl methyl sites for hydroxylation is 1. The molecule has 1 aliphatic heterocycles. The molecular formula is C16H25F3N4O. The molecule has 24 heavy (non-hydrogen) atoms. The van der Waals surface area contributed by atoms with Gasteiger partial charge in [0.25, 0.3) is 0 Å². The van der Waals surface area contributed by atoms with Crippen molar-refractivity contribution in [2.24, 2.45) is 0 Å². The molecule has 1 amide bonds. The van der Waals surface area contributed by atoms with E-state index in [0.717, 1.165) is 25.5 Å². The van der Waals surface area contributed by atoms with Gasteiger partial charge in [-0.1, -0.05) is 6.42 Å². The van der Waals surface area contributed by atoms with E-state index < -0.39 is 11.9 Å². The minimum Gasteiger partial charge on any atom is -0.354 e. The van der Waals surface area contributed by atoms with Crippen LogP contribution in [0.5, 0.6) is 0 Å². The van der Waals surface area contributed by atoms with Crippen molar-refractivity contribution >= 4 is 5.91 Å². The highest BCUT2D eigenvalue weighted by Crippen LogP contribution is 2.28. The van der Waals surface area contributed by atoms with E-state index in [2.05, 4.69) is 22.4 Å². The molecule has 0 bridgehead atoms. The molecule has 0 spiro atoms. The number of hydrogen-bond acceptors (Lipinski definition) is 3. The zero-order valence-corrected chi connectivity index (χ0v) is 14.2. The van der Waals surface area contributed by atoms with Crippen LogP contribution in [0.4, 0.5) is 13.2 Å². The van der Waals surface area contributed by atoms with Crippen molar-refractivity contribution < 1.29 is 18.0 Å². The highest BCUT2D eigenvalue weighted by atomic mass is 19.4. The Balaban J connectivity index is 1.72. The molecule has 1 N–H and O–H groups in total. The maximum atomic E-state index is 12.6. The van der Waals surface area contributed by atoms with Crippen LogP contribution in [0.1, 0.15) is 43.5 Å². The van der Waals surface area contributed by atoms with E-state index in [9.17, 15) is 18.0 Å². The van der Waals surface area contributed by atoms with E-state index in [1.807, 2.05) is 0 Å². The van der Waals surface area contributed by atoms with Crippen LogP contribution in [0.2, 0.25) is 0 Å². The van der Waals surface area contributed by atoms with Crippen LogP contribution in [-0.4, -0.2) is 46.8 Å². The van der Waals surface area contributed by atoms with Crippen LogP contribution in [-0.2, 0) is 17.5 Å². The molecule has 0 radical (unpaired) electrons. The molecular weight excluding hydrogens is 321 g/mol. The first kappa shape index (κ1) is 18.8. The summed E-state index contributed by atoms with van der Waals surface area (Å²) in [5.74, 6) is -0.0603. The van der Waals surface area contributed by atoms with Gasteiger partial charge in [-0.3, -0.25) is 9.48 Å². The minimum atomic E-state index is -4.44. The van der Waals surface area contributed by atoms with Gasteiger partial charge in [-0.05, 0) is 45.8 Å². The van der Waals surface area contributed by atoms with Gasteiger partial charge in [0, 0.05) is 24.7 Å². The number of nitrogens with one attached hydrogen (secondary N) is 1. The number of alkyl halides is 3. The van der Waals surface area contributed by atoms with Crippen molar-refractivity contribution in [1.29, 1.82) is 0 Å². The molecule has 0 aliphatic carbocycles. The van der Waals surface area contributed by atoms with Gasteiger partial charge in [-0.25, -0.2) is 0 Å². The summed E-state index contributed by atoms with van der Waals surface area (Å²) in [6, 6.07) is 1.47. The number of rotatable bonds is 6. The summed E-state index contributed by atoms with van der Waals surface area (Å²) in [6.07, 6.45) is 0.364. The van der Waals surface area contributed by atoms with Gasteiger partial charge >= 0.3 is 6.18 Å². The summed E-state index contributed by atoms with van der Waals surface area (Å²) < 4.78 is 39.0. The molecule has 0 saturated carbocycles. The molecule has 2 heterocycles.